The fourth-order valence-corrected chi connectivity index (χ4v) is 4.51. The van der Waals surface area contributed by atoms with Crippen LogP contribution < -0.4 is 16.1 Å². The lowest BCUT2D eigenvalue weighted by Gasteiger charge is -2.36. The molecule has 0 unspecified atom stereocenters. The number of rotatable bonds is 13. The summed E-state index contributed by atoms with van der Waals surface area (Å²) < 4.78 is 5.14. The lowest BCUT2D eigenvalue weighted by Crippen LogP contribution is -2.61. The van der Waals surface area contributed by atoms with Gasteiger partial charge in [0.15, 0.2) is 12.4 Å². The topological polar surface area (TPSA) is 134 Å². The second kappa shape index (κ2) is 14.7. The molecule has 1 aliphatic heterocycles. The summed E-state index contributed by atoms with van der Waals surface area (Å²) in [5.74, 6) is -1.82. The summed E-state index contributed by atoms with van der Waals surface area (Å²) in [5.41, 5.74) is 3.79. The Kier molecular flexibility index (Phi) is 12.0. The van der Waals surface area contributed by atoms with Gasteiger partial charge < -0.3 is 15.4 Å². The maximum Gasteiger partial charge on any atom is 0.310 e. The first-order chi connectivity index (χ1) is 17.1. The van der Waals surface area contributed by atoms with E-state index in [9.17, 15) is 24.0 Å². The Morgan fingerprint density at radius 3 is 2.58 bits per heavy atom. The number of esters is 1. The van der Waals surface area contributed by atoms with Crippen LogP contribution >= 0.6 is 11.3 Å². The minimum atomic E-state index is -0.861. The van der Waals surface area contributed by atoms with E-state index in [1.165, 1.54) is 16.3 Å². The SMILES string of the molecule is CC(C)CC(=O)NCCC(=O)N1NCCC[C@H]1C(=O)N[C@H](C(=O)COC(=O)Cc1ccsc1)C(C)C. The van der Waals surface area contributed by atoms with Crippen molar-refractivity contribution in [3.05, 3.63) is 22.4 Å². The van der Waals surface area contributed by atoms with Gasteiger partial charge in [-0.15, -0.1) is 0 Å². The molecule has 1 saturated heterocycles. The van der Waals surface area contributed by atoms with Crippen LogP contribution in [0.15, 0.2) is 16.8 Å². The zero-order valence-electron chi connectivity index (χ0n) is 21.5. The van der Waals surface area contributed by atoms with Gasteiger partial charge in [0, 0.05) is 25.9 Å². The van der Waals surface area contributed by atoms with Crippen molar-refractivity contribution in [2.45, 2.75) is 71.9 Å². The molecule has 0 radical (unpaired) electrons. The monoisotopic (exact) mass is 522 g/mol. The number of hydrazine groups is 1. The van der Waals surface area contributed by atoms with Crippen LogP contribution in [-0.2, 0) is 35.1 Å². The summed E-state index contributed by atoms with van der Waals surface area (Å²) in [6.07, 6.45) is 1.65. The van der Waals surface area contributed by atoms with E-state index in [0.717, 1.165) is 5.56 Å². The molecule has 0 saturated carbocycles. The van der Waals surface area contributed by atoms with Gasteiger partial charge >= 0.3 is 5.97 Å². The minimum absolute atomic E-state index is 0.0488. The Bertz CT molecular complexity index is 902. The molecule has 3 N–H and O–H groups in total. The predicted octanol–water partition coefficient (Wildman–Crippen LogP) is 1.59. The average molecular weight is 523 g/mol. The molecule has 2 heterocycles. The summed E-state index contributed by atoms with van der Waals surface area (Å²) in [7, 11) is 0. The second-order valence-electron chi connectivity index (χ2n) is 9.69. The third-order valence-electron chi connectivity index (χ3n) is 5.69. The average Bonchev–Trinajstić information content (AvgIpc) is 3.33. The molecule has 0 bridgehead atoms. The molecule has 2 atom stereocenters. The molecule has 1 aliphatic rings. The van der Waals surface area contributed by atoms with E-state index in [2.05, 4.69) is 16.1 Å². The second-order valence-corrected chi connectivity index (χ2v) is 10.5. The normalized spacial score (nSPS) is 16.5. The Balaban J connectivity index is 1.90. The Morgan fingerprint density at radius 1 is 1.19 bits per heavy atom. The lowest BCUT2D eigenvalue weighted by atomic mass is 9.98. The van der Waals surface area contributed by atoms with Crippen molar-refractivity contribution >= 4 is 40.8 Å². The maximum absolute atomic E-state index is 13.1. The van der Waals surface area contributed by atoms with Crippen molar-refractivity contribution in [2.75, 3.05) is 19.7 Å². The zero-order chi connectivity index (χ0) is 26.7. The van der Waals surface area contributed by atoms with Crippen LogP contribution in [0.3, 0.4) is 0 Å². The first-order valence-electron chi connectivity index (χ1n) is 12.4. The van der Waals surface area contributed by atoms with E-state index in [1.54, 1.807) is 13.8 Å². The van der Waals surface area contributed by atoms with E-state index in [1.807, 2.05) is 30.7 Å². The number of Topliss-reactive ketones (excluding diaryl/α,β-unsaturated/α-hetero) is 1. The van der Waals surface area contributed by atoms with Crippen LogP contribution in [0, 0.1) is 11.8 Å². The Morgan fingerprint density at radius 2 is 1.94 bits per heavy atom. The van der Waals surface area contributed by atoms with Crippen molar-refractivity contribution in [2.24, 2.45) is 11.8 Å². The van der Waals surface area contributed by atoms with Crippen molar-refractivity contribution < 1.29 is 28.7 Å². The number of hydrogen-bond acceptors (Lipinski definition) is 8. The molecule has 1 fully saturated rings. The van der Waals surface area contributed by atoms with Crippen LogP contribution in [0.1, 0.15) is 58.9 Å². The largest absolute Gasteiger partial charge is 0.457 e. The van der Waals surface area contributed by atoms with E-state index >= 15 is 0 Å². The minimum Gasteiger partial charge on any atom is -0.457 e. The number of carbonyl (C=O) groups excluding carboxylic acids is 5. The fourth-order valence-electron chi connectivity index (χ4n) is 3.84. The number of thiophene rings is 1. The summed E-state index contributed by atoms with van der Waals surface area (Å²) >= 11 is 1.47. The fraction of sp³-hybridized carbons (Fsp3) is 0.640. The third-order valence-corrected chi connectivity index (χ3v) is 6.42. The standard InChI is InChI=1S/C25H38N4O6S/c1-16(2)12-21(31)26-10-7-22(32)29-19(6-5-9-27-29)25(34)28-24(17(3)4)20(30)14-35-23(33)13-18-8-11-36-15-18/h8,11,15-17,19,24,27H,5-7,9-10,12-14H2,1-4H3,(H,26,31)(H,28,34)/t19-,24-/m0/s1. The van der Waals surface area contributed by atoms with Gasteiger partial charge in [0.25, 0.3) is 0 Å². The molecule has 200 valence electrons. The first-order valence-corrected chi connectivity index (χ1v) is 13.3. The van der Waals surface area contributed by atoms with Crippen molar-refractivity contribution in [3.63, 3.8) is 0 Å². The molecule has 10 nitrogen and oxygen atoms in total. The van der Waals surface area contributed by atoms with Crippen LogP contribution in [0.2, 0.25) is 0 Å². The highest BCUT2D eigenvalue weighted by Gasteiger charge is 2.35. The number of ketones is 1. The van der Waals surface area contributed by atoms with Crippen LogP contribution in [0.5, 0.6) is 0 Å². The lowest BCUT2D eigenvalue weighted by molar-refractivity contribution is -0.150. The first kappa shape index (κ1) is 29.4. The summed E-state index contributed by atoms with van der Waals surface area (Å²) in [6.45, 7) is 7.75. The molecule has 1 aromatic heterocycles. The van der Waals surface area contributed by atoms with Crippen molar-refractivity contribution in [1.82, 2.24) is 21.1 Å². The molecular formula is C25H38N4O6S. The summed E-state index contributed by atoms with van der Waals surface area (Å²) in [6, 6.07) is 0.170. The summed E-state index contributed by atoms with van der Waals surface area (Å²) in [5, 5.41) is 10.5. The Labute approximate surface area is 216 Å². The number of nitrogens with one attached hydrogen (secondary N) is 3. The van der Waals surface area contributed by atoms with E-state index in [-0.39, 0.29) is 43.0 Å². The molecular weight excluding hydrogens is 484 g/mol. The Hall–Kier alpha value is -2.79. The molecule has 3 amide bonds. The molecule has 2 rings (SSSR count). The summed E-state index contributed by atoms with van der Waals surface area (Å²) in [4.78, 5) is 62.5. The molecule has 11 heteroatoms. The van der Waals surface area contributed by atoms with Gasteiger partial charge in [-0.05, 0) is 47.1 Å². The number of nitrogens with zero attached hydrogens (tertiary/aromatic N) is 1. The number of hydrogen-bond donors (Lipinski definition) is 3. The van der Waals surface area contributed by atoms with Gasteiger partial charge in [0.2, 0.25) is 17.7 Å². The number of ether oxygens (including phenoxy) is 1. The van der Waals surface area contributed by atoms with Gasteiger partial charge in [0.05, 0.1) is 12.5 Å². The molecule has 0 spiro atoms. The smallest absolute Gasteiger partial charge is 0.310 e. The molecule has 0 aromatic carbocycles. The van der Waals surface area contributed by atoms with Gasteiger partial charge in [-0.1, -0.05) is 27.7 Å². The van der Waals surface area contributed by atoms with Gasteiger partial charge in [-0.25, -0.2) is 5.43 Å². The van der Waals surface area contributed by atoms with Crippen LogP contribution in [-0.4, -0.2) is 66.3 Å². The highest BCUT2D eigenvalue weighted by Crippen LogP contribution is 2.14. The van der Waals surface area contributed by atoms with Gasteiger partial charge in [-0.2, -0.15) is 11.3 Å². The number of amides is 3. The molecule has 1 aromatic rings. The van der Waals surface area contributed by atoms with Crippen molar-refractivity contribution in [3.8, 4) is 0 Å². The maximum atomic E-state index is 13.1. The van der Waals surface area contributed by atoms with Gasteiger partial charge in [-0.3, -0.25) is 29.0 Å². The zero-order valence-corrected chi connectivity index (χ0v) is 22.3. The van der Waals surface area contributed by atoms with Crippen molar-refractivity contribution in [1.29, 1.82) is 0 Å². The highest BCUT2D eigenvalue weighted by atomic mass is 32.1. The quantitative estimate of drug-likeness (QED) is 0.335. The van der Waals surface area contributed by atoms with Crippen LogP contribution in [0.25, 0.3) is 0 Å². The van der Waals surface area contributed by atoms with E-state index in [4.69, 9.17) is 4.74 Å². The predicted molar refractivity (Wildman–Crippen MR) is 136 cm³/mol. The molecule has 0 aliphatic carbocycles. The van der Waals surface area contributed by atoms with E-state index < -0.39 is 36.4 Å². The molecule has 36 heavy (non-hydrogen) atoms. The highest BCUT2D eigenvalue weighted by molar-refractivity contribution is 7.08. The third kappa shape index (κ3) is 9.69. The van der Waals surface area contributed by atoms with Gasteiger partial charge in [0.1, 0.15) is 6.04 Å². The number of carbonyl (C=O) groups is 5. The van der Waals surface area contributed by atoms with E-state index in [0.29, 0.717) is 25.8 Å². The van der Waals surface area contributed by atoms with Crippen LogP contribution in [0.4, 0.5) is 0 Å².